The van der Waals surface area contributed by atoms with Crippen LogP contribution in [0.4, 0.5) is 17.2 Å². The SMILES string of the molecule is O=C1CCc2cnc(Nc3ccc(-n4cccn4)cc3)cc2N1C1CCCC1. The highest BCUT2D eigenvalue weighted by molar-refractivity contribution is 5.97. The van der Waals surface area contributed by atoms with E-state index in [0.29, 0.717) is 12.5 Å². The molecule has 0 radical (unpaired) electrons. The van der Waals surface area contributed by atoms with E-state index in [1.807, 2.05) is 58.4 Å². The number of amides is 1. The highest BCUT2D eigenvalue weighted by Crippen LogP contribution is 2.36. The van der Waals surface area contributed by atoms with Gasteiger partial charge in [-0.3, -0.25) is 4.79 Å². The van der Waals surface area contributed by atoms with Gasteiger partial charge in [-0.15, -0.1) is 0 Å². The van der Waals surface area contributed by atoms with Gasteiger partial charge in [-0.25, -0.2) is 9.67 Å². The van der Waals surface area contributed by atoms with Crippen molar-refractivity contribution in [3.8, 4) is 5.69 Å². The van der Waals surface area contributed by atoms with Crippen LogP contribution in [0.2, 0.25) is 0 Å². The van der Waals surface area contributed by atoms with E-state index in [4.69, 9.17) is 0 Å². The van der Waals surface area contributed by atoms with Gasteiger partial charge in [-0.2, -0.15) is 5.10 Å². The standard InChI is InChI=1S/C22H23N5O/c28-22-11-6-16-15-23-21(14-20(16)27(22)19-4-1-2-5-19)25-17-7-9-18(10-8-17)26-13-3-12-24-26/h3,7-10,12-15,19H,1-2,4-6,11H2,(H,23,25). The van der Waals surface area contributed by atoms with Crippen LogP contribution in [0.1, 0.15) is 37.7 Å². The quantitative estimate of drug-likeness (QED) is 0.743. The third-order valence-corrected chi connectivity index (χ3v) is 5.70. The van der Waals surface area contributed by atoms with Crippen molar-refractivity contribution in [1.29, 1.82) is 0 Å². The summed E-state index contributed by atoms with van der Waals surface area (Å²) < 4.78 is 1.83. The average molecular weight is 373 g/mol. The van der Waals surface area contributed by atoms with Crippen LogP contribution >= 0.6 is 0 Å². The second-order valence-electron chi connectivity index (χ2n) is 7.52. The lowest BCUT2D eigenvalue weighted by Gasteiger charge is -2.34. The summed E-state index contributed by atoms with van der Waals surface area (Å²) in [5, 5.41) is 7.62. The number of carbonyl (C=O) groups is 1. The summed E-state index contributed by atoms with van der Waals surface area (Å²) in [7, 11) is 0. The number of hydrogen-bond donors (Lipinski definition) is 1. The number of aromatic nitrogens is 3. The Hall–Kier alpha value is -3.15. The van der Waals surface area contributed by atoms with Crippen molar-refractivity contribution in [2.45, 2.75) is 44.6 Å². The van der Waals surface area contributed by atoms with Gasteiger partial charge in [0.25, 0.3) is 0 Å². The minimum absolute atomic E-state index is 0.250. The molecule has 142 valence electrons. The van der Waals surface area contributed by atoms with Crippen molar-refractivity contribution in [2.24, 2.45) is 0 Å². The monoisotopic (exact) mass is 373 g/mol. The van der Waals surface area contributed by atoms with E-state index >= 15 is 0 Å². The lowest BCUT2D eigenvalue weighted by Crippen LogP contribution is -2.42. The topological polar surface area (TPSA) is 63.1 Å². The first kappa shape index (κ1) is 17.0. The van der Waals surface area contributed by atoms with Crippen LogP contribution in [0.5, 0.6) is 0 Å². The summed E-state index contributed by atoms with van der Waals surface area (Å²) in [6.07, 6.45) is 11.6. The number of nitrogens with zero attached hydrogens (tertiary/aromatic N) is 4. The maximum atomic E-state index is 12.6. The normalized spacial score (nSPS) is 17.0. The van der Waals surface area contributed by atoms with Crippen LogP contribution in [0.25, 0.3) is 5.69 Å². The largest absolute Gasteiger partial charge is 0.340 e. The molecule has 1 fully saturated rings. The van der Waals surface area contributed by atoms with E-state index in [1.54, 1.807) is 6.20 Å². The van der Waals surface area contributed by atoms with Crippen LogP contribution in [0, 0.1) is 0 Å². The Morgan fingerprint density at radius 2 is 1.89 bits per heavy atom. The van der Waals surface area contributed by atoms with Crippen LogP contribution in [-0.4, -0.2) is 26.7 Å². The number of hydrogen-bond acceptors (Lipinski definition) is 4. The molecule has 2 aromatic heterocycles. The van der Waals surface area contributed by atoms with Crippen molar-refractivity contribution < 1.29 is 4.79 Å². The number of carbonyl (C=O) groups excluding carboxylic acids is 1. The molecule has 6 heteroatoms. The fourth-order valence-corrected chi connectivity index (χ4v) is 4.28. The number of benzene rings is 1. The zero-order chi connectivity index (χ0) is 18.9. The average Bonchev–Trinajstić information content (AvgIpc) is 3.43. The maximum Gasteiger partial charge on any atom is 0.227 e. The lowest BCUT2D eigenvalue weighted by atomic mass is 10.0. The zero-order valence-corrected chi connectivity index (χ0v) is 15.7. The third-order valence-electron chi connectivity index (χ3n) is 5.70. The van der Waals surface area contributed by atoms with Gasteiger partial charge >= 0.3 is 0 Å². The van der Waals surface area contributed by atoms with Crippen LogP contribution in [0.3, 0.4) is 0 Å². The number of nitrogens with one attached hydrogen (secondary N) is 1. The smallest absolute Gasteiger partial charge is 0.227 e. The Bertz CT molecular complexity index is 975. The van der Waals surface area contributed by atoms with Crippen molar-refractivity contribution in [2.75, 3.05) is 10.2 Å². The van der Waals surface area contributed by atoms with Crippen LogP contribution < -0.4 is 10.2 Å². The number of rotatable bonds is 4. The minimum Gasteiger partial charge on any atom is -0.340 e. The fourth-order valence-electron chi connectivity index (χ4n) is 4.28. The molecule has 0 atom stereocenters. The van der Waals surface area contributed by atoms with Gasteiger partial charge in [0.1, 0.15) is 5.82 Å². The second kappa shape index (κ2) is 7.11. The molecule has 6 nitrogen and oxygen atoms in total. The van der Waals surface area contributed by atoms with Crippen LogP contribution in [0.15, 0.2) is 55.0 Å². The summed E-state index contributed by atoms with van der Waals surface area (Å²) in [4.78, 5) is 19.3. The summed E-state index contributed by atoms with van der Waals surface area (Å²) in [5.41, 5.74) is 4.17. The molecule has 1 N–H and O–H groups in total. The molecule has 0 saturated heterocycles. The molecule has 1 aliphatic heterocycles. The molecule has 1 saturated carbocycles. The molecule has 1 aromatic carbocycles. The summed E-state index contributed by atoms with van der Waals surface area (Å²) in [6, 6.07) is 12.3. The first-order valence-electron chi connectivity index (χ1n) is 9.96. The first-order valence-corrected chi connectivity index (χ1v) is 9.96. The van der Waals surface area contributed by atoms with Crippen molar-refractivity contribution >= 4 is 23.1 Å². The third kappa shape index (κ3) is 3.15. The molecule has 3 heterocycles. The highest BCUT2D eigenvalue weighted by Gasteiger charge is 2.32. The van der Waals surface area contributed by atoms with Gasteiger partial charge in [0.15, 0.2) is 0 Å². The Morgan fingerprint density at radius 1 is 1.07 bits per heavy atom. The molecule has 5 rings (SSSR count). The van der Waals surface area contributed by atoms with E-state index in [9.17, 15) is 4.79 Å². The van der Waals surface area contributed by atoms with Gasteiger partial charge in [0, 0.05) is 42.8 Å². The maximum absolute atomic E-state index is 12.6. The van der Waals surface area contributed by atoms with Gasteiger partial charge in [-0.05, 0) is 55.2 Å². The molecular weight excluding hydrogens is 350 g/mol. The second-order valence-corrected chi connectivity index (χ2v) is 7.52. The lowest BCUT2D eigenvalue weighted by molar-refractivity contribution is -0.119. The Labute approximate surface area is 164 Å². The van der Waals surface area contributed by atoms with Crippen LogP contribution in [-0.2, 0) is 11.2 Å². The van der Waals surface area contributed by atoms with Gasteiger partial charge < -0.3 is 10.2 Å². The van der Waals surface area contributed by atoms with Crippen molar-refractivity contribution in [1.82, 2.24) is 14.8 Å². The molecule has 0 bridgehead atoms. The molecule has 1 amide bonds. The number of aryl methyl sites for hydroxylation is 1. The van der Waals surface area contributed by atoms with E-state index in [0.717, 1.165) is 42.1 Å². The minimum atomic E-state index is 0.250. The van der Waals surface area contributed by atoms with E-state index in [1.165, 1.54) is 18.4 Å². The van der Waals surface area contributed by atoms with E-state index < -0.39 is 0 Å². The zero-order valence-electron chi connectivity index (χ0n) is 15.7. The van der Waals surface area contributed by atoms with Crippen molar-refractivity contribution in [3.05, 3.63) is 60.6 Å². The summed E-state index contributed by atoms with van der Waals surface area (Å²) >= 11 is 0. The van der Waals surface area contributed by atoms with Crippen molar-refractivity contribution in [3.63, 3.8) is 0 Å². The fraction of sp³-hybridized carbons (Fsp3) is 0.318. The predicted octanol–water partition coefficient (Wildman–Crippen LogP) is 4.23. The summed E-state index contributed by atoms with van der Waals surface area (Å²) in [6.45, 7) is 0. The number of pyridine rings is 1. The number of fused-ring (bicyclic) bond motifs is 1. The highest BCUT2D eigenvalue weighted by atomic mass is 16.2. The molecule has 0 spiro atoms. The molecule has 2 aliphatic rings. The predicted molar refractivity (Wildman–Crippen MR) is 109 cm³/mol. The Kier molecular flexibility index (Phi) is 4.31. The molecule has 1 aliphatic carbocycles. The molecule has 28 heavy (non-hydrogen) atoms. The molecule has 0 unspecified atom stereocenters. The molecular formula is C22H23N5O. The Balaban J connectivity index is 1.40. The van der Waals surface area contributed by atoms with Gasteiger partial charge in [0.05, 0.1) is 11.4 Å². The van der Waals surface area contributed by atoms with E-state index in [-0.39, 0.29) is 5.91 Å². The van der Waals surface area contributed by atoms with Gasteiger partial charge in [0.2, 0.25) is 5.91 Å². The molecule has 3 aromatic rings. The Morgan fingerprint density at radius 3 is 2.64 bits per heavy atom. The first-order chi connectivity index (χ1) is 13.8. The van der Waals surface area contributed by atoms with Gasteiger partial charge in [-0.1, -0.05) is 12.8 Å². The summed E-state index contributed by atoms with van der Waals surface area (Å²) in [5.74, 6) is 1.02. The number of anilines is 3. The van der Waals surface area contributed by atoms with E-state index in [2.05, 4.69) is 15.4 Å².